The van der Waals surface area contributed by atoms with E-state index in [0.717, 1.165) is 11.6 Å². The molecule has 2 aliphatic heterocycles. The van der Waals surface area contributed by atoms with E-state index in [-0.39, 0.29) is 35.9 Å². The number of hydrogen-bond donors (Lipinski definition) is 4. The van der Waals surface area contributed by atoms with Crippen LogP contribution in [0, 0.1) is 35.5 Å². The molecule has 0 saturated carbocycles. The van der Waals surface area contributed by atoms with Crippen LogP contribution in [0.3, 0.4) is 0 Å². The molecule has 2 rings (SSSR count). The molecular formula is C39H60O12. The van der Waals surface area contributed by atoms with Crippen LogP contribution in [0.4, 0.5) is 0 Å². The molecule has 0 radical (unpaired) electrons. The molecule has 0 aromatic carbocycles. The lowest BCUT2D eigenvalue weighted by atomic mass is 9.76. The molecule has 0 bridgehead atoms. The normalized spacial score (nSPS) is 37.1. The van der Waals surface area contributed by atoms with E-state index in [9.17, 15) is 29.7 Å². The maximum atomic E-state index is 13.6. The predicted molar refractivity (Wildman–Crippen MR) is 191 cm³/mol. The molecule has 0 aromatic heterocycles. The second kappa shape index (κ2) is 19.5. The molecule has 2 aliphatic rings. The summed E-state index contributed by atoms with van der Waals surface area (Å²) in [6.45, 7) is 16.5. The summed E-state index contributed by atoms with van der Waals surface area (Å²) < 4.78 is 29.1. The van der Waals surface area contributed by atoms with Crippen molar-refractivity contribution < 1.29 is 58.5 Å². The molecule has 51 heavy (non-hydrogen) atoms. The van der Waals surface area contributed by atoms with E-state index in [2.05, 4.69) is 0 Å². The highest BCUT2D eigenvalue weighted by Crippen LogP contribution is 2.42. The summed E-state index contributed by atoms with van der Waals surface area (Å²) in [4.78, 5) is 37.1. The van der Waals surface area contributed by atoms with Crippen LogP contribution in [0.25, 0.3) is 0 Å². The Bertz CT molecular complexity index is 1350. The van der Waals surface area contributed by atoms with E-state index >= 15 is 0 Å². The van der Waals surface area contributed by atoms with Gasteiger partial charge in [-0.15, -0.1) is 0 Å². The van der Waals surface area contributed by atoms with E-state index in [1.807, 2.05) is 53.7 Å². The van der Waals surface area contributed by atoms with Crippen LogP contribution in [-0.4, -0.2) is 95.0 Å². The summed E-state index contributed by atoms with van der Waals surface area (Å²) >= 11 is 0. The van der Waals surface area contributed by atoms with Crippen molar-refractivity contribution in [3.05, 3.63) is 59.4 Å². The second-order valence-corrected chi connectivity index (χ2v) is 14.6. The first-order valence-electron chi connectivity index (χ1n) is 17.7. The van der Waals surface area contributed by atoms with Gasteiger partial charge in [0.05, 0.1) is 25.4 Å². The van der Waals surface area contributed by atoms with Crippen LogP contribution in [0.5, 0.6) is 0 Å². The summed E-state index contributed by atoms with van der Waals surface area (Å²) in [6.07, 6.45) is 5.37. The average Bonchev–Trinajstić information content (AvgIpc) is 3.06. The Labute approximate surface area is 302 Å². The third-order valence-electron chi connectivity index (χ3n) is 10.1. The molecule has 0 aromatic rings. The second-order valence-electron chi connectivity index (χ2n) is 14.6. The highest BCUT2D eigenvalue weighted by atomic mass is 16.6. The third kappa shape index (κ3) is 12.1. The van der Waals surface area contributed by atoms with E-state index in [0.29, 0.717) is 18.1 Å². The van der Waals surface area contributed by atoms with Gasteiger partial charge in [-0.1, -0.05) is 83.9 Å². The van der Waals surface area contributed by atoms with Gasteiger partial charge in [0.2, 0.25) is 5.76 Å². The fourth-order valence-corrected chi connectivity index (χ4v) is 7.00. The molecule has 12 atom stereocenters. The Hall–Kier alpha value is -3.29. The number of aliphatic hydroxyl groups excluding tert-OH is 2. The summed E-state index contributed by atoms with van der Waals surface area (Å²) in [5.41, 5.74) is 1.70. The van der Waals surface area contributed by atoms with Gasteiger partial charge in [0, 0.05) is 49.4 Å². The van der Waals surface area contributed by atoms with Crippen molar-refractivity contribution >= 4 is 17.9 Å². The lowest BCUT2D eigenvalue weighted by Gasteiger charge is -2.50. The number of carbonyl (C=O) groups excluding carboxylic acids is 2. The molecule has 0 aliphatic carbocycles. The topological polar surface area (TPSA) is 178 Å². The average molecular weight is 721 g/mol. The highest BCUT2D eigenvalue weighted by molar-refractivity contribution is 5.90. The molecule has 1 fully saturated rings. The minimum atomic E-state index is -1.99. The van der Waals surface area contributed by atoms with Crippen LogP contribution in [-0.2, 0) is 38.1 Å². The van der Waals surface area contributed by atoms with Crippen LogP contribution in [0.15, 0.2) is 59.4 Å². The number of methoxy groups -OCH3 is 2. The lowest BCUT2D eigenvalue weighted by molar-refractivity contribution is -0.329. The number of allylic oxidation sites excluding steroid dienone is 5. The Kier molecular flexibility index (Phi) is 16.8. The summed E-state index contributed by atoms with van der Waals surface area (Å²) in [7, 11) is 2.80. The van der Waals surface area contributed by atoms with Crippen molar-refractivity contribution in [3.63, 3.8) is 0 Å². The first-order chi connectivity index (χ1) is 23.8. The van der Waals surface area contributed by atoms with Crippen molar-refractivity contribution in [3.8, 4) is 0 Å². The standard InChI is InChI=1S/C39H60O12/c1-21(2)36-26(7)31(49-33(42)16-15-32(40)41)20-39(46,51-36)28(9)35(44)27(8)37-29(47-10)14-12-13-22(3)17-24(5)34(43)25(6)18-23(4)19-30(48-11)38(45)50-37/h12-16,18-19,21,24-29,31,34-37,43-44,46H,17,20H2,1-11H3,(H,40,41)/b14-12+,16-15+,22-13+,23-18+,30-19-/t24-,25+,26+,27-,28+,29+,31+,34-,35+,36-,37+,39+/m1/s1. The number of carbonyl (C=O) groups is 3. The summed E-state index contributed by atoms with van der Waals surface area (Å²) in [5.74, 6) is -7.68. The molecule has 12 nitrogen and oxygen atoms in total. The largest absolute Gasteiger partial charge is 0.490 e. The van der Waals surface area contributed by atoms with Crippen LogP contribution < -0.4 is 0 Å². The van der Waals surface area contributed by atoms with Crippen molar-refractivity contribution in [2.24, 2.45) is 35.5 Å². The number of rotatable bonds is 10. The van der Waals surface area contributed by atoms with Gasteiger partial charge >= 0.3 is 17.9 Å². The van der Waals surface area contributed by atoms with E-state index < -0.39 is 72.2 Å². The Morgan fingerprint density at radius 1 is 1.06 bits per heavy atom. The first-order valence-corrected chi connectivity index (χ1v) is 17.7. The Morgan fingerprint density at radius 3 is 2.27 bits per heavy atom. The zero-order valence-electron chi connectivity index (χ0n) is 31.9. The predicted octanol–water partition coefficient (Wildman–Crippen LogP) is 4.88. The number of hydrogen-bond acceptors (Lipinski definition) is 11. The maximum Gasteiger partial charge on any atom is 0.373 e. The number of cyclic esters (lactones) is 1. The molecule has 0 spiro atoms. The number of aliphatic carboxylic acids is 1. The van der Waals surface area contributed by atoms with Crippen molar-refractivity contribution in [2.75, 3.05) is 14.2 Å². The Morgan fingerprint density at radius 2 is 1.71 bits per heavy atom. The molecule has 288 valence electrons. The number of carboxylic acids is 1. The highest BCUT2D eigenvalue weighted by Gasteiger charge is 2.53. The maximum absolute atomic E-state index is 13.6. The molecular weight excluding hydrogens is 660 g/mol. The SMILES string of the molecule is CO/C1=C\C(C)=C\[C@H](C)[C@H](O)[C@H](C)C/C(C)=C/C=C/[C@H](OC)[C@H]([C@H](C)[C@H](O)[C@H](C)[C@]2(O)C[C@H](OC(=O)/C=C/C(=O)O)[C@H](C)[C@@H](C(C)C)O2)OC1=O. The fraction of sp³-hybridized carbons (Fsp3) is 0.667. The third-order valence-corrected chi connectivity index (χ3v) is 10.1. The van der Waals surface area contributed by atoms with Gasteiger partial charge in [0.15, 0.2) is 5.79 Å². The quantitative estimate of drug-likeness (QED) is 0.178. The molecule has 2 heterocycles. The van der Waals surface area contributed by atoms with E-state index in [1.54, 1.807) is 32.9 Å². The van der Waals surface area contributed by atoms with Crippen molar-refractivity contribution in [1.29, 1.82) is 0 Å². The lowest BCUT2D eigenvalue weighted by Crippen LogP contribution is -2.59. The van der Waals surface area contributed by atoms with Gasteiger partial charge in [-0.25, -0.2) is 14.4 Å². The fourth-order valence-electron chi connectivity index (χ4n) is 7.00. The van der Waals surface area contributed by atoms with Gasteiger partial charge in [-0.2, -0.15) is 0 Å². The zero-order valence-corrected chi connectivity index (χ0v) is 31.9. The molecule has 0 amide bonds. The molecule has 1 saturated heterocycles. The van der Waals surface area contributed by atoms with Crippen molar-refractivity contribution in [1.82, 2.24) is 0 Å². The van der Waals surface area contributed by atoms with Gasteiger partial charge in [-0.05, 0) is 38.2 Å². The minimum absolute atomic E-state index is 0.0458. The van der Waals surface area contributed by atoms with Crippen LogP contribution in [0.1, 0.15) is 75.2 Å². The summed E-state index contributed by atoms with van der Waals surface area (Å²) in [6, 6.07) is 0. The first kappa shape index (κ1) is 43.9. The summed E-state index contributed by atoms with van der Waals surface area (Å²) in [5, 5.41) is 43.8. The van der Waals surface area contributed by atoms with Gasteiger partial charge in [0.25, 0.3) is 0 Å². The zero-order chi connectivity index (χ0) is 38.8. The minimum Gasteiger partial charge on any atom is -0.490 e. The van der Waals surface area contributed by atoms with Crippen LogP contribution >= 0.6 is 0 Å². The van der Waals surface area contributed by atoms with Gasteiger partial charge < -0.3 is 44.1 Å². The molecule has 0 unspecified atom stereocenters. The number of aliphatic hydroxyl groups is 3. The number of ether oxygens (including phenoxy) is 5. The Balaban J connectivity index is 2.55. The molecule has 12 heteroatoms. The van der Waals surface area contributed by atoms with E-state index in [4.69, 9.17) is 28.8 Å². The van der Waals surface area contributed by atoms with Crippen LogP contribution in [0.2, 0.25) is 0 Å². The van der Waals surface area contributed by atoms with Crippen molar-refractivity contribution in [2.45, 2.75) is 118 Å². The van der Waals surface area contributed by atoms with Gasteiger partial charge in [-0.3, -0.25) is 0 Å². The number of esters is 2. The number of carboxylic acid groups (broad SMARTS) is 1. The van der Waals surface area contributed by atoms with Gasteiger partial charge in [0.1, 0.15) is 18.3 Å². The smallest absolute Gasteiger partial charge is 0.373 e. The molecule has 4 N–H and O–H groups in total. The van der Waals surface area contributed by atoms with E-state index in [1.165, 1.54) is 20.3 Å². The monoisotopic (exact) mass is 720 g/mol.